The molecule has 2 aromatic rings. The summed E-state index contributed by atoms with van der Waals surface area (Å²) in [6.07, 6.45) is 1.61. The first-order valence-electron chi connectivity index (χ1n) is 6.52. The van der Waals surface area contributed by atoms with Crippen LogP contribution in [0, 0.1) is 0 Å². The summed E-state index contributed by atoms with van der Waals surface area (Å²) in [4.78, 5) is 11.3. The highest BCUT2D eigenvalue weighted by molar-refractivity contribution is 7.80. The zero-order valence-corrected chi connectivity index (χ0v) is 12.8. The highest BCUT2D eigenvalue weighted by Crippen LogP contribution is 2.05. The van der Waals surface area contributed by atoms with E-state index in [0.717, 1.165) is 11.3 Å². The lowest BCUT2D eigenvalue weighted by atomic mass is 10.1. The number of methoxy groups -OCH3 is 1. The number of thiocarbonyl (C=S) groups is 1. The summed E-state index contributed by atoms with van der Waals surface area (Å²) in [5.41, 5.74) is 4.94. The summed E-state index contributed by atoms with van der Waals surface area (Å²) in [5, 5.41) is 7.44. The fourth-order valence-electron chi connectivity index (χ4n) is 1.67. The van der Waals surface area contributed by atoms with Gasteiger partial charge in [0.15, 0.2) is 5.11 Å². The molecule has 0 heterocycles. The third kappa shape index (κ3) is 4.68. The Morgan fingerprint density at radius 1 is 1.14 bits per heavy atom. The van der Waals surface area contributed by atoms with Crippen LogP contribution in [0.5, 0.6) is 0 Å². The predicted octanol–water partition coefficient (Wildman–Crippen LogP) is 2.79. The van der Waals surface area contributed by atoms with Gasteiger partial charge < -0.3 is 10.1 Å². The van der Waals surface area contributed by atoms with Crippen LogP contribution < -0.4 is 10.7 Å². The number of hydrogen-bond donors (Lipinski definition) is 2. The first kappa shape index (κ1) is 15.7. The van der Waals surface area contributed by atoms with Gasteiger partial charge >= 0.3 is 5.97 Å². The van der Waals surface area contributed by atoms with Crippen LogP contribution in [0.25, 0.3) is 0 Å². The highest BCUT2D eigenvalue weighted by Gasteiger charge is 2.03. The van der Waals surface area contributed by atoms with Crippen LogP contribution in [-0.4, -0.2) is 24.4 Å². The van der Waals surface area contributed by atoms with E-state index in [9.17, 15) is 4.79 Å². The average Bonchev–Trinajstić information content (AvgIpc) is 2.55. The number of carbonyl (C=O) groups is 1. The van der Waals surface area contributed by atoms with E-state index >= 15 is 0 Å². The zero-order valence-electron chi connectivity index (χ0n) is 11.9. The van der Waals surface area contributed by atoms with Gasteiger partial charge in [0.25, 0.3) is 0 Å². The van der Waals surface area contributed by atoms with E-state index in [1.807, 2.05) is 30.3 Å². The number of benzene rings is 2. The van der Waals surface area contributed by atoms with E-state index in [1.54, 1.807) is 30.5 Å². The number of rotatable bonds is 4. The lowest BCUT2D eigenvalue weighted by molar-refractivity contribution is 0.0601. The quantitative estimate of drug-likeness (QED) is 0.393. The number of hydrogen-bond acceptors (Lipinski definition) is 4. The van der Waals surface area contributed by atoms with Gasteiger partial charge in [-0.25, -0.2) is 4.79 Å². The number of para-hydroxylation sites is 1. The second kappa shape index (κ2) is 7.90. The molecule has 6 heteroatoms. The van der Waals surface area contributed by atoms with Gasteiger partial charge in [-0.3, -0.25) is 5.43 Å². The van der Waals surface area contributed by atoms with E-state index in [4.69, 9.17) is 12.2 Å². The third-order valence-corrected chi connectivity index (χ3v) is 2.94. The molecule has 0 amide bonds. The fourth-order valence-corrected chi connectivity index (χ4v) is 1.84. The Kier molecular flexibility index (Phi) is 5.62. The fraction of sp³-hybridized carbons (Fsp3) is 0.0625. The number of ether oxygens (including phenoxy) is 1. The Hall–Kier alpha value is -2.73. The number of nitrogens with zero attached hydrogens (tertiary/aromatic N) is 1. The van der Waals surface area contributed by atoms with Crippen LogP contribution in [0.15, 0.2) is 59.7 Å². The molecule has 2 aromatic carbocycles. The first-order valence-corrected chi connectivity index (χ1v) is 6.93. The van der Waals surface area contributed by atoms with Crippen molar-refractivity contribution in [3.8, 4) is 0 Å². The summed E-state index contributed by atoms with van der Waals surface area (Å²) >= 11 is 5.12. The van der Waals surface area contributed by atoms with Crippen molar-refractivity contribution in [2.45, 2.75) is 0 Å². The average molecular weight is 313 g/mol. The third-order valence-electron chi connectivity index (χ3n) is 2.74. The Morgan fingerprint density at radius 2 is 1.82 bits per heavy atom. The predicted molar refractivity (Wildman–Crippen MR) is 91.2 cm³/mol. The standard InChI is InChI=1S/C16H15N3O2S/c1-21-15(20)13-9-7-12(8-10-13)11-17-19-16(22)18-14-5-3-2-4-6-14/h2-11H,1H3,(H2,18,19,22)/b17-11-. The van der Waals surface area contributed by atoms with E-state index in [2.05, 4.69) is 20.6 Å². The van der Waals surface area contributed by atoms with Crippen molar-refractivity contribution in [2.24, 2.45) is 5.10 Å². The minimum atomic E-state index is -0.366. The molecule has 0 saturated heterocycles. The van der Waals surface area contributed by atoms with Gasteiger partial charge in [0, 0.05) is 5.69 Å². The second-order valence-corrected chi connectivity index (χ2v) is 4.71. The Morgan fingerprint density at radius 3 is 2.45 bits per heavy atom. The number of nitrogens with one attached hydrogen (secondary N) is 2. The Balaban J connectivity index is 1.87. The molecule has 0 aliphatic carbocycles. The molecule has 0 atom stereocenters. The molecule has 0 aliphatic heterocycles. The van der Waals surface area contributed by atoms with Crippen molar-refractivity contribution >= 4 is 35.2 Å². The van der Waals surface area contributed by atoms with Crippen LogP contribution >= 0.6 is 12.2 Å². The molecule has 0 saturated carbocycles. The lowest BCUT2D eigenvalue weighted by Crippen LogP contribution is -2.23. The molecule has 0 unspecified atom stereocenters. The summed E-state index contributed by atoms with van der Waals surface area (Å²) in [7, 11) is 1.35. The molecule has 2 N–H and O–H groups in total. The summed E-state index contributed by atoms with van der Waals surface area (Å²) in [6, 6.07) is 16.5. The molecule has 5 nitrogen and oxygen atoms in total. The number of carbonyl (C=O) groups excluding carboxylic acids is 1. The normalized spacial score (nSPS) is 10.2. The largest absolute Gasteiger partial charge is 0.465 e. The van der Waals surface area contributed by atoms with Gasteiger partial charge in [0.05, 0.1) is 18.9 Å². The van der Waals surface area contributed by atoms with Crippen LogP contribution in [0.4, 0.5) is 5.69 Å². The van der Waals surface area contributed by atoms with Crippen LogP contribution in [-0.2, 0) is 4.74 Å². The zero-order chi connectivity index (χ0) is 15.8. The molecule has 0 radical (unpaired) electrons. The van der Waals surface area contributed by atoms with Gasteiger partial charge in [-0.2, -0.15) is 5.10 Å². The molecule has 0 aliphatic rings. The minimum absolute atomic E-state index is 0.366. The SMILES string of the molecule is COC(=O)c1ccc(/C=N\NC(=S)Nc2ccccc2)cc1. The highest BCUT2D eigenvalue weighted by atomic mass is 32.1. The van der Waals surface area contributed by atoms with Crippen molar-refractivity contribution < 1.29 is 9.53 Å². The topological polar surface area (TPSA) is 62.7 Å². The molecular formula is C16H15N3O2S. The smallest absolute Gasteiger partial charge is 0.337 e. The monoisotopic (exact) mass is 313 g/mol. The summed E-state index contributed by atoms with van der Waals surface area (Å²) in [6.45, 7) is 0. The van der Waals surface area contributed by atoms with Gasteiger partial charge in [-0.05, 0) is 42.0 Å². The van der Waals surface area contributed by atoms with Gasteiger partial charge in [0.1, 0.15) is 0 Å². The number of hydrazone groups is 1. The first-order chi connectivity index (χ1) is 10.7. The van der Waals surface area contributed by atoms with E-state index in [1.165, 1.54) is 7.11 Å². The summed E-state index contributed by atoms with van der Waals surface area (Å²) in [5.74, 6) is -0.366. The van der Waals surface area contributed by atoms with Crippen LogP contribution in [0.3, 0.4) is 0 Å². The molecule has 22 heavy (non-hydrogen) atoms. The maximum Gasteiger partial charge on any atom is 0.337 e. The Bertz CT molecular complexity index is 670. The van der Waals surface area contributed by atoms with Crippen LogP contribution in [0.2, 0.25) is 0 Å². The maximum atomic E-state index is 11.3. The minimum Gasteiger partial charge on any atom is -0.465 e. The van der Waals surface area contributed by atoms with Gasteiger partial charge in [-0.1, -0.05) is 30.3 Å². The van der Waals surface area contributed by atoms with Crippen molar-refractivity contribution in [1.82, 2.24) is 5.43 Å². The van der Waals surface area contributed by atoms with Crippen LogP contribution in [0.1, 0.15) is 15.9 Å². The van der Waals surface area contributed by atoms with Crippen molar-refractivity contribution in [3.63, 3.8) is 0 Å². The lowest BCUT2D eigenvalue weighted by Gasteiger charge is -2.06. The van der Waals surface area contributed by atoms with Crippen molar-refractivity contribution in [1.29, 1.82) is 0 Å². The molecule has 0 aromatic heterocycles. The van der Waals surface area contributed by atoms with E-state index in [-0.39, 0.29) is 5.97 Å². The van der Waals surface area contributed by atoms with Gasteiger partial charge in [-0.15, -0.1) is 0 Å². The molecule has 112 valence electrons. The number of esters is 1. The second-order valence-electron chi connectivity index (χ2n) is 4.30. The maximum absolute atomic E-state index is 11.3. The molecular weight excluding hydrogens is 298 g/mol. The summed E-state index contributed by atoms with van der Waals surface area (Å²) < 4.78 is 4.64. The van der Waals surface area contributed by atoms with Crippen molar-refractivity contribution in [2.75, 3.05) is 12.4 Å². The molecule has 2 rings (SSSR count). The molecule has 0 spiro atoms. The van der Waals surface area contributed by atoms with E-state index in [0.29, 0.717) is 10.7 Å². The van der Waals surface area contributed by atoms with Gasteiger partial charge in [0.2, 0.25) is 0 Å². The molecule has 0 fully saturated rings. The van der Waals surface area contributed by atoms with E-state index < -0.39 is 0 Å². The van der Waals surface area contributed by atoms with Crippen molar-refractivity contribution in [3.05, 3.63) is 65.7 Å². The Labute approximate surface area is 134 Å². The number of anilines is 1. The molecule has 0 bridgehead atoms.